The molecule has 0 saturated heterocycles. The van der Waals surface area contributed by atoms with Gasteiger partial charge in [0.25, 0.3) is 0 Å². The van der Waals surface area contributed by atoms with E-state index in [4.69, 9.17) is 0 Å². The number of allylic oxidation sites excluding steroid dienone is 1. The zero-order valence-corrected chi connectivity index (χ0v) is 6.77. The van der Waals surface area contributed by atoms with Crippen LogP contribution >= 0.6 is 0 Å². The van der Waals surface area contributed by atoms with E-state index < -0.39 is 5.97 Å². The maximum absolute atomic E-state index is 10.5. The largest absolute Gasteiger partial charge is 0.466 e. The van der Waals surface area contributed by atoms with Crippen LogP contribution in [0.3, 0.4) is 0 Å². The fourth-order valence-electron chi connectivity index (χ4n) is 0.440. The van der Waals surface area contributed by atoms with Crippen molar-refractivity contribution >= 4 is 12.3 Å². The van der Waals surface area contributed by atoms with Crippen LogP contribution in [-0.4, -0.2) is 19.4 Å². The lowest BCUT2D eigenvalue weighted by Crippen LogP contribution is -1.93. The first kappa shape index (κ1) is 10.9. The van der Waals surface area contributed by atoms with Crippen LogP contribution in [0, 0.1) is 25.7 Å². The molecule has 0 rings (SSSR count). The molecule has 0 aliphatic heterocycles. The van der Waals surface area contributed by atoms with Gasteiger partial charge in [0, 0.05) is 12.5 Å². The van der Waals surface area contributed by atoms with Gasteiger partial charge in [-0.05, 0) is 19.3 Å². The fourth-order valence-corrected chi connectivity index (χ4v) is 0.440. The quantitative estimate of drug-likeness (QED) is 0.253. The molecule has 0 aliphatic carbocycles. The molecule has 0 unspecified atom stereocenters. The highest BCUT2D eigenvalue weighted by atomic mass is 16.5. The lowest BCUT2D eigenvalue weighted by atomic mass is 10.2. The summed E-state index contributed by atoms with van der Waals surface area (Å²) in [6.45, 7) is 0. The molecule has 3 heteroatoms. The van der Waals surface area contributed by atoms with Crippen molar-refractivity contribution in [2.75, 3.05) is 7.11 Å². The number of hydrogen-bond donors (Lipinski definition) is 0. The van der Waals surface area contributed by atoms with Crippen LogP contribution < -0.4 is 0 Å². The number of methoxy groups -OCH3 is 1. The van der Waals surface area contributed by atoms with Gasteiger partial charge in [-0.15, -0.1) is 0 Å². The van der Waals surface area contributed by atoms with E-state index in [2.05, 4.69) is 4.74 Å². The Bertz CT molecular complexity index is 161. The van der Waals surface area contributed by atoms with Crippen molar-refractivity contribution in [3.05, 3.63) is 37.8 Å². The molecule has 0 amide bonds. The minimum atomic E-state index is -0.404. The maximum atomic E-state index is 10.5. The van der Waals surface area contributed by atoms with E-state index in [9.17, 15) is 9.59 Å². The SMILES string of the molecule is COC(=O)/C=C/[CH][CH][CH][CH]C=O. The van der Waals surface area contributed by atoms with Gasteiger partial charge < -0.3 is 9.53 Å². The first-order valence-corrected chi connectivity index (χ1v) is 3.34. The summed E-state index contributed by atoms with van der Waals surface area (Å²) in [5.41, 5.74) is 0. The topological polar surface area (TPSA) is 43.4 Å². The zero-order chi connectivity index (χ0) is 9.23. The average Bonchev–Trinajstić information content (AvgIpc) is 2.10. The molecule has 0 aliphatic rings. The van der Waals surface area contributed by atoms with Crippen molar-refractivity contribution in [3.8, 4) is 0 Å². The molecular weight excluding hydrogens is 156 g/mol. The van der Waals surface area contributed by atoms with Crippen LogP contribution in [0.1, 0.15) is 0 Å². The van der Waals surface area contributed by atoms with Gasteiger partial charge in [-0.25, -0.2) is 4.79 Å². The van der Waals surface area contributed by atoms with E-state index in [1.54, 1.807) is 19.3 Å². The van der Waals surface area contributed by atoms with Crippen molar-refractivity contribution in [3.63, 3.8) is 0 Å². The van der Waals surface area contributed by atoms with Crippen molar-refractivity contribution in [2.24, 2.45) is 0 Å². The molecule has 0 fully saturated rings. The first-order valence-electron chi connectivity index (χ1n) is 3.34. The third kappa shape index (κ3) is 6.99. The highest BCUT2D eigenvalue weighted by molar-refractivity contribution is 5.82. The lowest BCUT2D eigenvalue weighted by Gasteiger charge is -1.90. The van der Waals surface area contributed by atoms with Gasteiger partial charge >= 0.3 is 5.97 Å². The van der Waals surface area contributed by atoms with Gasteiger partial charge in [-0.2, -0.15) is 0 Å². The summed E-state index contributed by atoms with van der Waals surface area (Å²) < 4.78 is 4.34. The number of carbonyl (C=O) groups excluding carboxylic acids is 2. The van der Waals surface area contributed by atoms with Crippen molar-refractivity contribution in [1.82, 2.24) is 0 Å². The number of ether oxygens (including phenoxy) is 1. The minimum absolute atomic E-state index is 0.404. The Morgan fingerprint density at radius 2 is 1.83 bits per heavy atom. The van der Waals surface area contributed by atoms with Gasteiger partial charge in [-0.3, -0.25) is 0 Å². The van der Waals surface area contributed by atoms with Gasteiger partial charge in [-0.1, -0.05) is 6.08 Å². The summed E-state index contributed by atoms with van der Waals surface area (Å²) in [6, 6.07) is 0. The maximum Gasteiger partial charge on any atom is 0.330 e. The van der Waals surface area contributed by atoms with Gasteiger partial charge in [0.05, 0.1) is 7.11 Å². The minimum Gasteiger partial charge on any atom is -0.466 e. The number of unbranched alkanes of at least 4 members (excludes halogenated alkanes) is 3. The smallest absolute Gasteiger partial charge is 0.330 e. The number of esters is 1. The standard InChI is InChI=1S/C9H10O3/c1-12-9(11)7-5-3-2-4-6-8-10/h2-8H,1H3/b7-5+. The van der Waals surface area contributed by atoms with Gasteiger partial charge in [0.2, 0.25) is 0 Å². The van der Waals surface area contributed by atoms with Crippen LogP contribution in [0.4, 0.5) is 0 Å². The Labute approximate surface area is 72.4 Å². The Hall–Kier alpha value is -1.12. The number of hydrogen-bond acceptors (Lipinski definition) is 3. The van der Waals surface area contributed by atoms with E-state index in [0.29, 0.717) is 6.29 Å². The zero-order valence-electron chi connectivity index (χ0n) is 6.77. The summed E-state index contributed by atoms with van der Waals surface area (Å²) in [5.74, 6) is -0.404. The summed E-state index contributed by atoms with van der Waals surface area (Å²) in [4.78, 5) is 20.3. The van der Waals surface area contributed by atoms with E-state index in [1.807, 2.05) is 0 Å². The van der Waals surface area contributed by atoms with Crippen LogP contribution in [-0.2, 0) is 14.3 Å². The van der Waals surface area contributed by atoms with E-state index >= 15 is 0 Å². The van der Waals surface area contributed by atoms with Crippen molar-refractivity contribution in [1.29, 1.82) is 0 Å². The van der Waals surface area contributed by atoms with Crippen molar-refractivity contribution < 1.29 is 14.3 Å². The predicted molar refractivity (Wildman–Crippen MR) is 44.4 cm³/mol. The molecule has 64 valence electrons. The van der Waals surface area contributed by atoms with Crippen LogP contribution in [0.5, 0.6) is 0 Å². The molecule has 0 saturated carbocycles. The molecule has 0 aromatic carbocycles. The number of carbonyl (C=O) groups is 2. The van der Waals surface area contributed by atoms with Gasteiger partial charge in [0.15, 0.2) is 0 Å². The Kier molecular flexibility index (Phi) is 7.24. The molecule has 0 heterocycles. The van der Waals surface area contributed by atoms with Crippen LogP contribution in [0.2, 0.25) is 0 Å². The Balaban J connectivity index is 3.24. The summed E-state index contributed by atoms with van der Waals surface area (Å²) in [7, 11) is 1.31. The van der Waals surface area contributed by atoms with Crippen LogP contribution in [0.25, 0.3) is 0 Å². The molecule has 0 spiro atoms. The molecule has 0 N–H and O–H groups in total. The fraction of sp³-hybridized carbons (Fsp3) is 0.111. The van der Waals surface area contributed by atoms with E-state index in [1.165, 1.54) is 25.7 Å². The molecule has 0 bridgehead atoms. The molecular formula is C9H10O3. The number of rotatable bonds is 6. The predicted octanol–water partition coefficient (Wildman–Crippen LogP) is 0.732. The first-order chi connectivity index (χ1) is 5.81. The average molecular weight is 166 g/mol. The Morgan fingerprint density at radius 3 is 2.42 bits per heavy atom. The second-order valence-electron chi connectivity index (χ2n) is 1.79. The second kappa shape index (κ2) is 7.98. The monoisotopic (exact) mass is 166 g/mol. The molecule has 0 aromatic rings. The van der Waals surface area contributed by atoms with Crippen molar-refractivity contribution in [2.45, 2.75) is 0 Å². The third-order valence-electron chi connectivity index (χ3n) is 0.957. The molecule has 0 atom stereocenters. The normalized spacial score (nSPS) is 10.1. The Morgan fingerprint density at radius 1 is 1.17 bits per heavy atom. The van der Waals surface area contributed by atoms with E-state index in [0.717, 1.165) is 0 Å². The summed E-state index contributed by atoms with van der Waals surface area (Å²) in [6.07, 6.45) is 9.66. The van der Waals surface area contributed by atoms with Gasteiger partial charge in [0.1, 0.15) is 6.29 Å². The van der Waals surface area contributed by atoms with Crippen LogP contribution in [0.15, 0.2) is 12.2 Å². The summed E-state index contributed by atoms with van der Waals surface area (Å²) in [5, 5.41) is 0. The highest BCUT2D eigenvalue weighted by Gasteiger charge is 1.90. The molecule has 0 aromatic heterocycles. The number of aldehydes is 1. The lowest BCUT2D eigenvalue weighted by molar-refractivity contribution is -0.134. The molecule has 12 heavy (non-hydrogen) atoms. The van der Waals surface area contributed by atoms with E-state index in [-0.39, 0.29) is 0 Å². The third-order valence-corrected chi connectivity index (χ3v) is 0.957. The summed E-state index contributed by atoms with van der Waals surface area (Å²) >= 11 is 0. The second-order valence-corrected chi connectivity index (χ2v) is 1.79. The molecule has 3 nitrogen and oxygen atoms in total. The molecule has 4 radical (unpaired) electrons. The highest BCUT2D eigenvalue weighted by Crippen LogP contribution is 1.93.